The Hall–Kier alpha value is -9.95. The molecule has 0 atom stereocenters. The second-order valence-corrected chi connectivity index (χ2v) is 19.0. The van der Waals surface area contributed by atoms with Crippen LogP contribution >= 0.6 is 34.8 Å². The van der Waals surface area contributed by atoms with E-state index in [2.05, 4.69) is 61.2 Å². The summed E-state index contributed by atoms with van der Waals surface area (Å²) in [6.45, 7) is 9.79. The van der Waals surface area contributed by atoms with E-state index in [9.17, 15) is 14.4 Å². The fourth-order valence-corrected chi connectivity index (χ4v) is 9.00. The van der Waals surface area contributed by atoms with E-state index in [-0.39, 0.29) is 23.4 Å². The zero-order valence-corrected chi connectivity index (χ0v) is 47.9. The Labute approximate surface area is 491 Å². The molecule has 19 nitrogen and oxygen atoms in total. The fourth-order valence-electron chi connectivity index (χ4n) is 8.30. The highest BCUT2D eigenvalue weighted by Gasteiger charge is 2.19. The minimum Gasteiger partial charge on any atom is -0.481 e. The molecule has 9 aromatic heterocycles. The summed E-state index contributed by atoms with van der Waals surface area (Å²) in [6.07, 6.45) is 6.93. The molecule has 3 N–H and O–H groups in total. The maximum absolute atomic E-state index is 12.9. The molecule has 416 valence electrons. The summed E-state index contributed by atoms with van der Waals surface area (Å²) in [4.78, 5) is 63.7. The zero-order valence-electron chi connectivity index (χ0n) is 45.6. The number of nitrogens with zero attached hydrogens (tertiary/aromatic N) is 12. The molecule has 0 bridgehead atoms. The van der Waals surface area contributed by atoms with Gasteiger partial charge in [0.05, 0.1) is 57.9 Å². The molecule has 0 saturated carbocycles. The van der Waals surface area contributed by atoms with Crippen LogP contribution in [0, 0.1) is 13.8 Å². The Morgan fingerprint density at radius 2 is 0.916 bits per heavy atom. The van der Waals surface area contributed by atoms with E-state index in [0.29, 0.717) is 83.6 Å². The number of hydrogen-bond acceptors (Lipinski definition) is 13. The highest BCUT2D eigenvalue weighted by Crippen LogP contribution is 2.29. The zero-order chi connectivity index (χ0) is 58.6. The molecular weight excluding hydrogens is 1110 g/mol. The van der Waals surface area contributed by atoms with Crippen molar-refractivity contribution in [2.45, 2.75) is 41.0 Å². The Balaban J connectivity index is 0.000000147. The van der Waals surface area contributed by atoms with E-state index < -0.39 is 0 Å². The number of nitrogens with one attached hydrogen (secondary N) is 3. The molecule has 0 fully saturated rings. The van der Waals surface area contributed by atoms with Gasteiger partial charge in [-0.15, -0.1) is 0 Å². The van der Waals surface area contributed by atoms with Crippen molar-refractivity contribution < 1.29 is 19.1 Å². The highest BCUT2D eigenvalue weighted by atomic mass is 35.5. The number of imidazole rings is 3. The minimum atomic E-state index is -0.382. The Bertz CT molecular complexity index is 4320. The van der Waals surface area contributed by atoms with Gasteiger partial charge in [-0.3, -0.25) is 24.4 Å². The molecule has 9 heterocycles. The van der Waals surface area contributed by atoms with E-state index in [4.69, 9.17) is 39.5 Å². The summed E-state index contributed by atoms with van der Waals surface area (Å²) in [5.41, 5.74) is 11.0. The fraction of sp³-hybridized carbons (Fsp3) is 0.115. The smallest absolute Gasteiger partial charge is 0.277 e. The summed E-state index contributed by atoms with van der Waals surface area (Å²) < 4.78 is 9.60. The quantitative estimate of drug-likeness (QED) is 0.110. The molecule has 0 aliphatic heterocycles. The lowest BCUT2D eigenvalue weighted by atomic mass is 10.1. The maximum atomic E-state index is 12.9. The van der Waals surface area contributed by atoms with Crippen LogP contribution in [0.3, 0.4) is 0 Å². The molecule has 0 saturated heterocycles. The lowest BCUT2D eigenvalue weighted by Crippen LogP contribution is -2.16. The van der Waals surface area contributed by atoms with Crippen LogP contribution in [0.2, 0.25) is 15.1 Å². The third-order valence-corrected chi connectivity index (χ3v) is 13.2. The third kappa shape index (κ3) is 13.6. The standard InChI is InChI=1S/C21H18ClN5O.C19H14ClN5O2.C19H14ClN5O.C2H6/c1-3-14-11-15(10-13(2)24-14)25-21(28)19-12-23-20-9-8-18(26-27(19)20)16-6-4-5-7-17(16)22;1-27-18-8-4-7-16(22-18)23-19(26)15-11-21-17-10-9-14(24-25(15)17)12-5-2-3-6-13(12)20;1-12-10-13(8-9-21-12)23-19(26)17-11-22-18-7-6-16(24-25(17)18)14-4-2-3-5-15(14)20;1-2/h4-12H,3H2,1-2H3,(H,24,25,28);2-11H,1H3,(H,22,23,26);2-11H,1H3,(H,21,23,26);1-2H3. The lowest BCUT2D eigenvalue weighted by molar-refractivity contribution is 0.101. The first-order valence-electron chi connectivity index (χ1n) is 26.0. The number of rotatable bonds is 11. The SMILES string of the molecule is CC.CCc1cc(NC(=O)c2cnc3ccc(-c4ccccc4Cl)nn23)cc(C)n1.COc1cccc(NC(=O)c2cnc3ccc(-c4ccccc4Cl)nn23)n1.Cc1cc(NC(=O)c2cnc3ccc(-c4ccccc4Cl)nn23)ccn1. The first kappa shape index (κ1) is 57.7. The molecule has 83 heavy (non-hydrogen) atoms. The molecule has 12 aromatic rings. The number of carbonyl (C=O) groups is 3. The van der Waals surface area contributed by atoms with Gasteiger partial charge in [0, 0.05) is 57.4 Å². The molecule has 3 aromatic carbocycles. The van der Waals surface area contributed by atoms with E-state index in [1.807, 2.05) is 126 Å². The van der Waals surface area contributed by atoms with E-state index in [1.165, 1.54) is 39.2 Å². The largest absolute Gasteiger partial charge is 0.481 e. The minimum absolute atomic E-state index is 0.281. The number of methoxy groups -OCH3 is 1. The summed E-state index contributed by atoms with van der Waals surface area (Å²) in [5.74, 6) is -0.190. The van der Waals surface area contributed by atoms with Gasteiger partial charge in [-0.1, -0.05) is 116 Å². The van der Waals surface area contributed by atoms with Gasteiger partial charge in [-0.2, -0.15) is 20.3 Å². The van der Waals surface area contributed by atoms with Gasteiger partial charge in [-0.05, 0) is 105 Å². The van der Waals surface area contributed by atoms with Crippen LogP contribution in [0.4, 0.5) is 17.2 Å². The second-order valence-electron chi connectivity index (χ2n) is 17.8. The van der Waals surface area contributed by atoms with Crippen molar-refractivity contribution in [3.05, 3.63) is 226 Å². The van der Waals surface area contributed by atoms with E-state index in [0.717, 1.165) is 40.2 Å². The number of carbonyl (C=O) groups excluding carboxylic acids is 3. The van der Waals surface area contributed by atoms with Crippen molar-refractivity contribution in [2.75, 3.05) is 23.1 Å². The molecule has 12 rings (SSSR count). The van der Waals surface area contributed by atoms with Gasteiger partial charge in [0.25, 0.3) is 17.7 Å². The molecule has 0 aliphatic rings. The molecule has 0 unspecified atom stereocenters. The van der Waals surface area contributed by atoms with Gasteiger partial charge >= 0.3 is 0 Å². The van der Waals surface area contributed by atoms with Crippen molar-refractivity contribution in [3.8, 4) is 39.7 Å². The normalized spacial score (nSPS) is 10.7. The predicted molar refractivity (Wildman–Crippen MR) is 324 cm³/mol. The number of pyridine rings is 3. The number of hydrogen-bond donors (Lipinski definition) is 3. The van der Waals surface area contributed by atoms with E-state index in [1.54, 1.807) is 66.9 Å². The number of halogens is 3. The van der Waals surface area contributed by atoms with Crippen molar-refractivity contribution in [1.29, 1.82) is 0 Å². The summed E-state index contributed by atoms with van der Waals surface area (Å²) in [6, 6.07) is 45.5. The summed E-state index contributed by atoms with van der Waals surface area (Å²) in [5, 5.41) is 23.9. The monoisotopic (exact) mass is 1160 g/mol. The second kappa shape index (κ2) is 26.5. The lowest BCUT2D eigenvalue weighted by Gasteiger charge is -2.08. The Morgan fingerprint density at radius 3 is 1.35 bits per heavy atom. The maximum Gasteiger partial charge on any atom is 0.277 e. The average molecular weight is 1170 g/mol. The molecule has 0 aliphatic carbocycles. The number of aromatic nitrogens is 12. The number of ether oxygens (including phenoxy) is 1. The molecular formula is C61H52Cl3N15O4. The topological polar surface area (TPSA) is 226 Å². The van der Waals surface area contributed by atoms with Crippen LogP contribution in [0.15, 0.2) is 176 Å². The van der Waals surface area contributed by atoms with Crippen molar-refractivity contribution in [3.63, 3.8) is 0 Å². The van der Waals surface area contributed by atoms with Crippen LogP contribution in [-0.2, 0) is 6.42 Å². The van der Waals surface area contributed by atoms with Crippen LogP contribution in [-0.4, -0.2) is 83.6 Å². The van der Waals surface area contributed by atoms with Crippen molar-refractivity contribution >= 4 is 86.7 Å². The summed E-state index contributed by atoms with van der Waals surface area (Å²) >= 11 is 18.8. The van der Waals surface area contributed by atoms with Crippen molar-refractivity contribution in [2.24, 2.45) is 0 Å². The van der Waals surface area contributed by atoms with Crippen LogP contribution in [0.1, 0.15) is 69.3 Å². The number of fused-ring (bicyclic) bond motifs is 3. The molecule has 22 heteroatoms. The van der Waals surface area contributed by atoms with Crippen LogP contribution < -0.4 is 20.7 Å². The number of benzene rings is 3. The summed E-state index contributed by atoms with van der Waals surface area (Å²) in [7, 11) is 1.51. The van der Waals surface area contributed by atoms with Crippen LogP contribution in [0.5, 0.6) is 5.88 Å². The molecule has 3 amide bonds. The van der Waals surface area contributed by atoms with E-state index >= 15 is 0 Å². The Kier molecular flexibility index (Phi) is 18.5. The van der Waals surface area contributed by atoms with Gasteiger partial charge < -0.3 is 20.7 Å². The van der Waals surface area contributed by atoms with Gasteiger partial charge in [0.15, 0.2) is 34.0 Å². The number of aryl methyl sites for hydroxylation is 3. The first-order valence-corrected chi connectivity index (χ1v) is 27.1. The molecule has 0 spiro atoms. The van der Waals surface area contributed by atoms with Crippen molar-refractivity contribution in [1.82, 2.24) is 58.7 Å². The Morgan fingerprint density at radius 1 is 0.482 bits per heavy atom. The van der Waals surface area contributed by atoms with Gasteiger partial charge in [0.1, 0.15) is 5.82 Å². The predicted octanol–water partition coefficient (Wildman–Crippen LogP) is 13.3. The van der Waals surface area contributed by atoms with Gasteiger partial charge in [0.2, 0.25) is 5.88 Å². The average Bonchev–Trinajstić information content (AvgIpc) is 4.37. The highest BCUT2D eigenvalue weighted by molar-refractivity contribution is 6.34. The molecule has 0 radical (unpaired) electrons. The van der Waals surface area contributed by atoms with Crippen LogP contribution in [0.25, 0.3) is 50.7 Å². The van der Waals surface area contributed by atoms with Gasteiger partial charge in [-0.25, -0.2) is 28.5 Å². The number of anilines is 3. The number of amides is 3. The first-order chi connectivity index (χ1) is 40.3. The third-order valence-electron chi connectivity index (χ3n) is 12.2.